The standard InChI is InChI=1S/C25H42O2.C25H40O2/c2*1-2-3-4-5-6-7-8-9-10-11-12-13-14-15-19-22-25(26)27-23-24-20-17-16-18-21-24/h16-18,20-21H,2-15,19,22-23H2,1H3;9-10,16-18,20-21H,2-8,11-15,19,22-23H2,1H3/b;10-9-. The van der Waals surface area contributed by atoms with E-state index in [-0.39, 0.29) is 11.9 Å². The zero-order valence-corrected chi connectivity index (χ0v) is 35.2. The van der Waals surface area contributed by atoms with Crippen LogP contribution in [-0.2, 0) is 32.3 Å². The van der Waals surface area contributed by atoms with E-state index in [1.165, 1.54) is 154 Å². The highest BCUT2D eigenvalue weighted by Crippen LogP contribution is 2.15. The Morgan fingerprint density at radius 3 is 0.981 bits per heavy atom. The topological polar surface area (TPSA) is 52.6 Å². The van der Waals surface area contributed by atoms with Crippen LogP contribution in [0.4, 0.5) is 0 Å². The zero-order valence-electron chi connectivity index (χ0n) is 35.2. The summed E-state index contributed by atoms with van der Waals surface area (Å²) in [5.74, 6) is -0.134. The van der Waals surface area contributed by atoms with Crippen molar-refractivity contribution in [2.75, 3.05) is 0 Å². The summed E-state index contributed by atoms with van der Waals surface area (Å²) in [6, 6.07) is 19.7. The molecule has 0 saturated carbocycles. The van der Waals surface area contributed by atoms with Crippen molar-refractivity contribution in [1.29, 1.82) is 0 Å². The molecule has 306 valence electrons. The van der Waals surface area contributed by atoms with Crippen molar-refractivity contribution < 1.29 is 19.1 Å². The Morgan fingerprint density at radius 2 is 0.667 bits per heavy atom. The summed E-state index contributed by atoms with van der Waals surface area (Å²) in [6.45, 7) is 5.34. The van der Waals surface area contributed by atoms with Gasteiger partial charge in [0.1, 0.15) is 13.2 Å². The summed E-state index contributed by atoms with van der Waals surface area (Å²) in [6.07, 6.45) is 42.5. The van der Waals surface area contributed by atoms with Crippen LogP contribution in [0.15, 0.2) is 72.8 Å². The predicted octanol–water partition coefficient (Wildman–Crippen LogP) is 15.8. The minimum absolute atomic E-state index is 0.0615. The van der Waals surface area contributed by atoms with Gasteiger partial charge in [0.05, 0.1) is 0 Å². The number of hydrogen-bond acceptors (Lipinski definition) is 4. The van der Waals surface area contributed by atoms with E-state index in [0.29, 0.717) is 26.1 Å². The Balaban J connectivity index is 0.000000540. The number of ether oxygens (including phenoxy) is 2. The van der Waals surface area contributed by atoms with Gasteiger partial charge in [-0.1, -0.05) is 228 Å². The summed E-state index contributed by atoms with van der Waals surface area (Å²) >= 11 is 0. The minimum Gasteiger partial charge on any atom is -0.461 e. The fourth-order valence-electron chi connectivity index (χ4n) is 6.60. The molecule has 0 radical (unpaired) electrons. The molecule has 4 heteroatoms. The molecule has 4 nitrogen and oxygen atoms in total. The molecular formula is C50H82O4. The first-order valence-corrected chi connectivity index (χ1v) is 22.7. The van der Waals surface area contributed by atoms with Gasteiger partial charge in [0, 0.05) is 12.8 Å². The number of carbonyl (C=O) groups excluding carboxylic acids is 2. The van der Waals surface area contributed by atoms with Gasteiger partial charge < -0.3 is 9.47 Å². The van der Waals surface area contributed by atoms with E-state index in [0.717, 1.165) is 36.8 Å². The molecule has 54 heavy (non-hydrogen) atoms. The number of hydrogen-bond donors (Lipinski definition) is 0. The van der Waals surface area contributed by atoms with Crippen LogP contribution in [0.3, 0.4) is 0 Å². The summed E-state index contributed by atoms with van der Waals surface area (Å²) in [7, 11) is 0. The van der Waals surface area contributed by atoms with Crippen molar-refractivity contribution in [3.8, 4) is 0 Å². The molecule has 0 aliphatic carbocycles. The lowest BCUT2D eigenvalue weighted by molar-refractivity contribution is -0.146. The van der Waals surface area contributed by atoms with Gasteiger partial charge in [0.15, 0.2) is 0 Å². The number of carbonyl (C=O) groups is 2. The fourth-order valence-corrected chi connectivity index (χ4v) is 6.60. The highest BCUT2D eigenvalue weighted by Gasteiger charge is 2.04. The Morgan fingerprint density at radius 1 is 0.389 bits per heavy atom. The number of benzene rings is 2. The van der Waals surface area contributed by atoms with E-state index in [1.54, 1.807) is 0 Å². The quantitative estimate of drug-likeness (QED) is 0.0400. The van der Waals surface area contributed by atoms with E-state index in [1.807, 2.05) is 60.7 Å². The molecule has 0 aromatic heterocycles. The molecule has 0 N–H and O–H groups in total. The van der Waals surface area contributed by atoms with E-state index in [2.05, 4.69) is 26.0 Å². The maximum atomic E-state index is 11.7. The maximum Gasteiger partial charge on any atom is 0.306 e. The molecule has 0 aliphatic heterocycles. The van der Waals surface area contributed by atoms with Gasteiger partial charge in [-0.2, -0.15) is 0 Å². The van der Waals surface area contributed by atoms with Crippen LogP contribution in [0.1, 0.15) is 218 Å². The average molecular weight is 747 g/mol. The van der Waals surface area contributed by atoms with Crippen LogP contribution in [0, 0.1) is 0 Å². The molecule has 0 fully saturated rings. The molecule has 2 aromatic carbocycles. The largest absolute Gasteiger partial charge is 0.461 e. The van der Waals surface area contributed by atoms with Crippen LogP contribution >= 0.6 is 0 Å². The van der Waals surface area contributed by atoms with E-state index >= 15 is 0 Å². The van der Waals surface area contributed by atoms with Gasteiger partial charge in [0.2, 0.25) is 0 Å². The second-order valence-electron chi connectivity index (χ2n) is 15.3. The summed E-state index contributed by atoms with van der Waals surface area (Å²) in [4.78, 5) is 23.4. The van der Waals surface area contributed by atoms with E-state index in [9.17, 15) is 9.59 Å². The molecule has 2 aromatic rings. The number of unbranched alkanes of at least 4 members (excludes halogenated alkanes) is 25. The second kappa shape index (κ2) is 39.8. The number of allylic oxidation sites excluding steroid dienone is 2. The van der Waals surface area contributed by atoms with Gasteiger partial charge in [-0.3, -0.25) is 9.59 Å². The van der Waals surface area contributed by atoms with Crippen molar-refractivity contribution in [3.05, 3.63) is 83.9 Å². The molecule has 0 heterocycles. The van der Waals surface area contributed by atoms with Crippen molar-refractivity contribution in [1.82, 2.24) is 0 Å². The Hall–Kier alpha value is -2.88. The van der Waals surface area contributed by atoms with Crippen molar-refractivity contribution in [3.63, 3.8) is 0 Å². The van der Waals surface area contributed by atoms with Gasteiger partial charge in [-0.25, -0.2) is 0 Å². The highest BCUT2D eigenvalue weighted by atomic mass is 16.5. The molecule has 0 unspecified atom stereocenters. The lowest BCUT2D eigenvalue weighted by Crippen LogP contribution is -2.04. The summed E-state index contributed by atoms with van der Waals surface area (Å²) in [5, 5.41) is 0. The molecule has 2 rings (SSSR count). The third-order valence-electron chi connectivity index (χ3n) is 10.1. The zero-order chi connectivity index (χ0) is 38.8. The molecular weight excluding hydrogens is 665 g/mol. The number of rotatable bonds is 35. The van der Waals surface area contributed by atoms with Crippen LogP contribution in [-0.4, -0.2) is 11.9 Å². The van der Waals surface area contributed by atoms with Gasteiger partial charge in [0.25, 0.3) is 0 Å². The van der Waals surface area contributed by atoms with Crippen LogP contribution in [0.5, 0.6) is 0 Å². The molecule has 0 spiro atoms. The Kier molecular flexibility index (Phi) is 36.2. The van der Waals surface area contributed by atoms with Crippen molar-refractivity contribution >= 4 is 11.9 Å². The van der Waals surface area contributed by atoms with Gasteiger partial charge in [-0.05, 0) is 49.7 Å². The normalized spacial score (nSPS) is 11.0. The Labute approximate surface area is 333 Å². The fraction of sp³-hybridized carbons (Fsp3) is 0.680. The van der Waals surface area contributed by atoms with Gasteiger partial charge >= 0.3 is 11.9 Å². The highest BCUT2D eigenvalue weighted by molar-refractivity contribution is 5.69. The maximum absolute atomic E-state index is 11.7. The lowest BCUT2D eigenvalue weighted by Gasteiger charge is -2.05. The summed E-state index contributed by atoms with van der Waals surface area (Å²) < 4.78 is 10.6. The first-order valence-electron chi connectivity index (χ1n) is 22.7. The SMILES string of the molecule is CCCCCCCC/C=C\CCCCCCCC(=O)OCc1ccccc1.CCCCCCCCCCCCCCCCCC(=O)OCc1ccccc1. The van der Waals surface area contributed by atoms with Crippen LogP contribution in [0.2, 0.25) is 0 Å². The Bertz CT molecular complexity index is 1100. The molecule has 0 bridgehead atoms. The third-order valence-corrected chi connectivity index (χ3v) is 10.1. The first kappa shape index (κ1) is 49.1. The van der Waals surface area contributed by atoms with Crippen LogP contribution in [0.25, 0.3) is 0 Å². The third kappa shape index (κ3) is 34.9. The van der Waals surface area contributed by atoms with Crippen molar-refractivity contribution in [2.45, 2.75) is 220 Å². The lowest BCUT2D eigenvalue weighted by atomic mass is 10.0. The smallest absolute Gasteiger partial charge is 0.306 e. The molecule has 0 saturated heterocycles. The summed E-state index contributed by atoms with van der Waals surface area (Å²) in [5.41, 5.74) is 2.11. The predicted molar refractivity (Wildman–Crippen MR) is 231 cm³/mol. The van der Waals surface area contributed by atoms with E-state index < -0.39 is 0 Å². The molecule has 0 amide bonds. The molecule has 0 aliphatic rings. The monoisotopic (exact) mass is 747 g/mol. The number of esters is 2. The minimum atomic E-state index is -0.0727. The second-order valence-corrected chi connectivity index (χ2v) is 15.3. The van der Waals surface area contributed by atoms with Crippen molar-refractivity contribution in [2.24, 2.45) is 0 Å². The van der Waals surface area contributed by atoms with Crippen LogP contribution < -0.4 is 0 Å². The first-order chi connectivity index (χ1) is 26.7. The van der Waals surface area contributed by atoms with Gasteiger partial charge in [-0.15, -0.1) is 0 Å². The van der Waals surface area contributed by atoms with E-state index in [4.69, 9.17) is 9.47 Å². The molecule has 0 atom stereocenters. The average Bonchev–Trinajstić information content (AvgIpc) is 3.20.